The number of halogens is 2. The Morgan fingerprint density at radius 3 is 2.67 bits per heavy atom. The van der Waals surface area contributed by atoms with Gasteiger partial charge < -0.3 is 20.3 Å². The molecule has 0 amide bonds. The summed E-state index contributed by atoms with van der Waals surface area (Å²) in [6.45, 7) is 1.02. The van der Waals surface area contributed by atoms with Gasteiger partial charge in [0.2, 0.25) is 5.43 Å². The van der Waals surface area contributed by atoms with Crippen molar-refractivity contribution in [2.45, 2.75) is 43.4 Å². The highest BCUT2D eigenvalue weighted by Gasteiger charge is 2.48. The molecule has 1 aromatic heterocycles. The highest BCUT2D eigenvalue weighted by atomic mass is 19.1. The van der Waals surface area contributed by atoms with Gasteiger partial charge in [-0.1, -0.05) is 0 Å². The van der Waals surface area contributed by atoms with Crippen LogP contribution in [0.5, 0.6) is 0 Å². The van der Waals surface area contributed by atoms with E-state index in [2.05, 4.69) is 0 Å². The molecule has 2 aliphatic carbocycles. The summed E-state index contributed by atoms with van der Waals surface area (Å²) in [6.07, 6.45) is 2.64. The number of aromatic nitrogens is 1. The minimum absolute atomic E-state index is 0.0688. The molecule has 3 N–H and O–H groups in total. The lowest BCUT2D eigenvalue weighted by Crippen LogP contribution is -2.35. The number of hydrogen-bond acceptors (Lipinski definition) is 5. The van der Waals surface area contributed by atoms with E-state index in [-0.39, 0.29) is 40.0 Å². The molecule has 2 saturated carbocycles. The van der Waals surface area contributed by atoms with Crippen LogP contribution in [0.3, 0.4) is 0 Å². The molecule has 30 heavy (non-hydrogen) atoms. The lowest BCUT2D eigenvalue weighted by atomic mass is 9.97. The summed E-state index contributed by atoms with van der Waals surface area (Å²) in [6, 6.07) is 2.30. The Hall–Kier alpha value is -2.99. The Morgan fingerprint density at radius 2 is 2.10 bits per heavy atom. The van der Waals surface area contributed by atoms with E-state index in [4.69, 9.17) is 5.73 Å². The van der Waals surface area contributed by atoms with Crippen molar-refractivity contribution in [3.05, 3.63) is 39.4 Å². The lowest BCUT2D eigenvalue weighted by Gasteiger charge is -2.24. The third-order valence-corrected chi connectivity index (χ3v) is 6.77. The molecule has 3 aliphatic rings. The van der Waals surface area contributed by atoms with Gasteiger partial charge in [-0.25, -0.2) is 13.6 Å². The Balaban J connectivity index is 1.73. The van der Waals surface area contributed by atoms with Crippen molar-refractivity contribution in [3.63, 3.8) is 0 Å². The number of anilines is 1. The second-order valence-electron chi connectivity index (χ2n) is 8.66. The smallest absolute Gasteiger partial charge is 0.341 e. The quantitative estimate of drug-likeness (QED) is 0.794. The van der Waals surface area contributed by atoms with E-state index < -0.39 is 35.0 Å². The zero-order chi connectivity index (χ0) is 21.4. The lowest BCUT2D eigenvalue weighted by molar-refractivity contribution is 0.0694. The molecule has 1 aromatic carbocycles. The van der Waals surface area contributed by atoms with Crippen LogP contribution in [0.15, 0.2) is 17.1 Å². The number of hydrogen-bond donors (Lipinski definition) is 2. The van der Waals surface area contributed by atoms with Gasteiger partial charge in [0, 0.05) is 31.2 Å². The predicted molar refractivity (Wildman–Crippen MR) is 105 cm³/mol. The summed E-state index contributed by atoms with van der Waals surface area (Å²) in [7, 11) is 0. The SMILES string of the molecule is N#Cc1c(N2CC[C@@H](C3(N)CC3)C2)c(F)cc2c(=O)c(C(=O)O)cn([C@@H]3C[C@@H]3F)c12. The molecule has 3 fully saturated rings. The fourth-order valence-electron chi connectivity index (χ4n) is 4.73. The van der Waals surface area contributed by atoms with Gasteiger partial charge in [0.1, 0.15) is 29.2 Å². The number of aromatic carboxylic acids is 1. The third-order valence-electron chi connectivity index (χ3n) is 6.77. The highest BCUT2D eigenvalue weighted by Crippen LogP contribution is 2.46. The molecular formula is C21H20F2N4O3. The maximum atomic E-state index is 15.2. The average Bonchev–Trinajstić information content (AvgIpc) is 3.57. The van der Waals surface area contributed by atoms with Gasteiger partial charge in [-0.05, 0) is 31.2 Å². The number of alkyl halides is 1. The second kappa shape index (κ2) is 6.25. The first-order valence-electron chi connectivity index (χ1n) is 9.98. The average molecular weight is 414 g/mol. The predicted octanol–water partition coefficient (Wildman–Crippen LogP) is 2.31. The number of carbonyl (C=O) groups is 1. The molecular weight excluding hydrogens is 394 g/mol. The molecule has 1 aliphatic heterocycles. The van der Waals surface area contributed by atoms with E-state index in [0.717, 1.165) is 31.5 Å². The van der Waals surface area contributed by atoms with Gasteiger partial charge in [-0.3, -0.25) is 4.79 Å². The largest absolute Gasteiger partial charge is 0.477 e. The third kappa shape index (κ3) is 2.70. The van der Waals surface area contributed by atoms with Crippen LogP contribution in [0.25, 0.3) is 10.9 Å². The number of rotatable bonds is 4. The number of pyridine rings is 1. The summed E-state index contributed by atoms with van der Waals surface area (Å²) in [4.78, 5) is 26.0. The molecule has 156 valence electrons. The van der Waals surface area contributed by atoms with Crippen LogP contribution in [0.4, 0.5) is 14.5 Å². The zero-order valence-electron chi connectivity index (χ0n) is 16.1. The molecule has 9 heteroatoms. The molecule has 2 heterocycles. The van der Waals surface area contributed by atoms with Crippen molar-refractivity contribution >= 4 is 22.6 Å². The monoisotopic (exact) mass is 414 g/mol. The van der Waals surface area contributed by atoms with Crippen LogP contribution in [0.1, 0.15) is 47.6 Å². The van der Waals surface area contributed by atoms with Gasteiger partial charge in [-0.2, -0.15) is 5.26 Å². The molecule has 0 unspecified atom stereocenters. The Labute approximate surface area is 170 Å². The molecule has 0 bridgehead atoms. The van der Waals surface area contributed by atoms with Gasteiger partial charge in [-0.15, -0.1) is 0 Å². The molecule has 5 rings (SSSR count). The Kier molecular flexibility index (Phi) is 3.96. The first kappa shape index (κ1) is 19.0. The maximum absolute atomic E-state index is 15.2. The fraction of sp³-hybridized carbons (Fsp3) is 0.476. The van der Waals surface area contributed by atoms with E-state index in [1.54, 1.807) is 4.90 Å². The number of nitrogens with zero attached hydrogens (tertiary/aromatic N) is 3. The number of fused-ring (bicyclic) bond motifs is 1. The van der Waals surface area contributed by atoms with E-state index in [0.29, 0.717) is 13.1 Å². The van der Waals surface area contributed by atoms with Crippen molar-refractivity contribution in [2.75, 3.05) is 18.0 Å². The summed E-state index contributed by atoms with van der Waals surface area (Å²) in [5.74, 6) is -2.05. The Morgan fingerprint density at radius 1 is 1.40 bits per heavy atom. The van der Waals surface area contributed by atoms with Gasteiger partial charge in [0.25, 0.3) is 0 Å². The van der Waals surface area contributed by atoms with Crippen LogP contribution in [0.2, 0.25) is 0 Å². The van der Waals surface area contributed by atoms with Crippen LogP contribution in [-0.2, 0) is 0 Å². The summed E-state index contributed by atoms with van der Waals surface area (Å²) in [5.41, 5.74) is 4.72. The minimum atomic E-state index is -1.48. The van der Waals surface area contributed by atoms with Crippen molar-refractivity contribution < 1.29 is 18.7 Å². The number of nitriles is 1. The second-order valence-corrected chi connectivity index (χ2v) is 8.66. The normalized spacial score (nSPS) is 26.6. The van der Waals surface area contributed by atoms with Crippen molar-refractivity contribution in [1.29, 1.82) is 5.26 Å². The first-order chi connectivity index (χ1) is 14.2. The van der Waals surface area contributed by atoms with E-state index >= 15 is 4.39 Å². The standard InChI is InChI=1S/C21H20F2N4O3/c22-14-6-16(14)27-9-13(20(29)30)19(28)11-5-15(23)18(12(7-24)17(11)27)26-4-1-10(8-26)21(25)2-3-21/h5,9-10,14,16H,1-4,6,8,25H2,(H,29,30)/t10-,14+,16-/m1/s1. The fourth-order valence-corrected chi connectivity index (χ4v) is 4.73. The van der Waals surface area contributed by atoms with Crippen molar-refractivity contribution in [2.24, 2.45) is 11.7 Å². The molecule has 7 nitrogen and oxygen atoms in total. The minimum Gasteiger partial charge on any atom is -0.477 e. The van der Waals surface area contributed by atoms with Crippen LogP contribution >= 0.6 is 0 Å². The number of carboxylic acid groups (broad SMARTS) is 1. The maximum Gasteiger partial charge on any atom is 0.341 e. The Bertz CT molecular complexity index is 1200. The highest BCUT2D eigenvalue weighted by molar-refractivity contribution is 5.96. The van der Waals surface area contributed by atoms with E-state index in [1.165, 1.54) is 4.57 Å². The molecule has 2 aromatic rings. The summed E-state index contributed by atoms with van der Waals surface area (Å²) < 4.78 is 30.4. The van der Waals surface area contributed by atoms with Crippen LogP contribution in [-0.4, -0.2) is 40.4 Å². The number of nitrogens with two attached hydrogens (primary N) is 1. The number of benzene rings is 1. The van der Waals surface area contributed by atoms with Crippen LogP contribution < -0.4 is 16.1 Å². The summed E-state index contributed by atoms with van der Waals surface area (Å²) >= 11 is 0. The molecule has 1 saturated heterocycles. The van der Waals surface area contributed by atoms with Gasteiger partial charge in [0.05, 0.1) is 22.6 Å². The molecule has 0 radical (unpaired) electrons. The van der Waals surface area contributed by atoms with E-state index in [9.17, 15) is 24.3 Å². The topological polar surface area (TPSA) is 112 Å². The van der Waals surface area contributed by atoms with E-state index in [1.807, 2.05) is 6.07 Å². The number of carboxylic acids is 1. The zero-order valence-corrected chi connectivity index (χ0v) is 16.1. The summed E-state index contributed by atoms with van der Waals surface area (Å²) in [5, 5.41) is 19.1. The first-order valence-corrected chi connectivity index (χ1v) is 9.98. The molecule has 0 spiro atoms. The van der Waals surface area contributed by atoms with Crippen molar-refractivity contribution in [1.82, 2.24) is 4.57 Å². The molecule has 3 atom stereocenters. The van der Waals surface area contributed by atoms with Crippen molar-refractivity contribution in [3.8, 4) is 6.07 Å². The van der Waals surface area contributed by atoms with Gasteiger partial charge in [0.15, 0.2) is 0 Å². The van der Waals surface area contributed by atoms with Crippen LogP contribution in [0, 0.1) is 23.1 Å². The van der Waals surface area contributed by atoms with Gasteiger partial charge >= 0.3 is 5.97 Å².